The molecule has 6 heteroatoms. The number of nitrogens with one attached hydrogen (secondary N) is 2. The molecule has 0 saturated heterocycles. The molecule has 102 valence electrons. The van der Waals surface area contributed by atoms with Gasteiger partial charge in [-0.25, -0.2) is 4.39 Å². The van der Waals surface area contributed by atoms with Crippen LogP contribution in [0.1, 0.15) is 10.4 Å². The Bertz CT molecular complexity index is 663. The molecule has 0 radical (unpaired) electrons. The number of para-hydroxylation sites is 1. The van der Waals surface area contributed by atoms with Gasteiger partial charge in [-0.2, -0.15) is 0 Å². The van der Waals surface area contributed by atoms with Gasteiger partial charge < -0.3 is 5.32 Å². The highest BCUT2D eigenvalue weighted by atomic mass is 79.9. The number of anilines is 1. The van der Waals surface area contributed by atoms with Gasteiger partial charge in [-0.3, -0.25) is 10.1 Å². The number of rotatable bonds is 2. The fraction of sp³-hybridized carbons (Fsp3) is 0. The zero-order valence-electron chi connectivity index (χ0n) is 10.2. The molecule has 0 saturated carbocycles. The van der Waals surface area contributed by atoms with E-state index in [2.05, 4.69) is 26.6 Å². The molecule has 3 nitrogen and oxygen atoms in total. The van der Waals surface area contributed by atoms with Crippen molar-refractivity contribution in [2.75, 3.05) is 5.32 Å². The molecule has 2 aromatic rings. The number of carbonyl (C=O) groups excluding carboxylic acids is 1. The summed E-state index contributed by atoms with van der Waals surface area (Å²) in [4.78, 5) is 11.9. The Balaban J connectivity index is 2.04. The zero-order chi connectivity index (χ0) is 14.5. The van der Waals surface area contributed by atoms with E-state index >= 15 is 0 Å². The van der Waals surface area contributed by atoms with Crippen LogP contribution in [0.4, 0.5) is 10.1 Å². The smallest absolute Gasteiger partial charge is 0.260 e. The molecule has 2 rings (SSSR count). The van der Waals surface area contributed by atoms with E-state index in [-0.39, 0.29) is 10.7 Å². The second-order valence-electron chi connectivity index (χ2n) is 3.87. The minimum atomic E-state index is -0.590. The normalized spacial score (nSPS) is 9.90. The Morgan fingerprint density at radius 2 is 1.75 bits per heavy atom. The average Bonchev–Trinajstić information content (AvgIpc) is 2.41. The monoisotopic (exact) mass is 352 g/mol. The molecule has 0 aromatic heterocycles. The molecule has 0 spiro atoms. The minimum Gasteiger partial charge on any atom is -0.331 e. The fourth-order valence-electron chi connectivity index (χ4n) is 1.53. The molecule has 0 unspecified atom stereocenters. The van der Waals surface area contributed by atoms with Crippen LogP contribution in [0.5, 0.6) is 0 Å². The molecule has 2 aromatic carbocycles. The van der Waals surface area contributed by atoms with Crippen molar-refractivity contribution in [3.8, 4) is 0 Å². The summed E-state index contributed by atoms with van der Waals surface area (Å²) in [6.07, 6.45) is 0. The van der Waals surface area contributed by atoms with Gasteiger partial charge in [0.05, 0.1) is 11.3 Å². The molecule has 0 aliphatic carbocycles. The first-order valence-corrected chi connectivity index (χ1v) is 6.89. The first-order valence-electron chi connectivity index (χ1n) is 5.69. The van der Waals surface area contributed by atoms with Gasteiger partial charge in [-0.05, 0) is 52.4 Å². The van der Waals surface area contributed by atoms with E-state index in [0.29, 0.717) is 5.69 Å². The SMILES string of the molecule is O=C(NC(=S)Nc1ccccc1Br)c1ccccc1F. The summed E-state index contributed by atoms with van der Waals surface area (Å²) in [5, 5.41) is 5.40. The summed E-state index contributed by atoms with van der Waals surface area (Å²) in [5.74, 6) is -1.18. The van der Waals surface area contributed by atoms with Gasteiger partial charge >= 0.3 is 0 Å². The second-order valence-corrected chi connectivity index (χ2v) is 5.13. The largest absolute Gasteiger partial charge is 0.331 e. The lowest BCUT2D eigenvalue weighted by atomic mass is 10.2. The van der Waals surface area contributed by atoms with E-state index in [9.17, 15) is 9.18 Å². The highest BCUT2D eigenvalue weighted by Crippen LogP contribution is 2.20. The lowest BCUT2D eigenvalue weighted by molar-refractivity contribution is 0.0974. The predicted octanol–water partition coefficient (Wildman–Crippen LogP) is 3.72. The minimum absolute atomic E-state index is 0.0521. The third kappa shape index (κ3) is 3.61. The van der Waals surface area contributed by atoms with Gasteiger partial charge in [0.25, 0.3) is 5.91 Å². The van der Waals surface area contributed by atoms with Crippen molar-refractivity contribution in [3.05, 3.63) is 64.4 Å². The Labute approximate surface area is 129 Å². The summed E-state index contributed by atoms with van der Waals surface area (Å²) in [6.45, 7) is 0. The molecule has 1 amide bonds. The van der Waals surface area contributed by atoms with E-state index in [1.807, 2.05) is 18.2 Å². The van der Waals surface area contributed by atoms with E-state index in [0.717, 1.165) is 4.47 Å². The third-order valence-corrected chi connectivity index (χ3v) is 3.36. The lowest BCUT2D eigenvalue weighted by Crippen LogP contribution is -2.34. The van der Waals surface area contributed by atoms with Crippen molar-refractivity contribution in [2.45, 2.75) is 0 Å². The van der Waals surface area contributed by atoms with Crippen molar-refractivity contribution >= 4 is 44.9 Å². The third-order valence-electron chi connectivity index (χ3n) is 2.47. The molecule has 20 heavy (non-hydrogen) atoms. The Hall–Kier alpha value is -1.79. The van der Waals surface area contributed by atoms with Crippen LogP contribution in [0.15, 0.2) is 53.0 Å². The Morgan fingerprint density at radius 1 is 1.10 bits per heavy atom. The molecule has 0 aliphatic rings. The van der Waals surface area contributed by atoms with Crippen LogP contribution in [-0.4, -0.2) is 11.0 Å². The Kier molecular flexibility index (Phi) is 4.81. The van der Waals surface area contributed by atoms with Gasteiger partial charge in [0.2, 0.25) is 0 Å². The quantitative estimate of drug-likeness (QED) is 0.809. The van der Waals surface area contributed by atoms with Crippen molar-refractivity contribution in [1.29, 1.82) is 0 Å². The highest BCUT2D eigenvalue weighted by molar-refractivity contribution is 9.10. The molecular weight excluding hydrogens is 343 g/mol. The maximum Gasteiger partial charge on any atom is 0.260 e. The predicted molar refractivity (Wildman–Crippen MR) is 84.2 cm³/mol. The van der Waals surface area contributed by atoms with Crippen LogP contribution >= 0.6 is 28.1 Å². The summed E-state index contributed by atoms with van der Waals surface area (Å²) in [6, 6.07) is 13.0. The van der Waals surface area contributed by atoms with Crippen molar-refractivity contribution in [2.24, 2.45) is 0 Å². The van der Waals surface area contributed by atoms with E-state index < -0.39 is 11.7 Å². The maximum absolute atomic E-state index is 13.4. The van der Waals surface area contributed by atoms with Crippen molar-refractivity contribution in [3.63, 3.8) is 0 Å². The number of halogens is 2. The molecule has 0 aliphatic heterocycles. The Morgan fingerprint density at radius 3 is 2.45 bits per heavy atom. The van der Waals surface area contributed by atoms with Crippen LogP contribution in [-0.2, 0) is 0 Å². The fourth-order valence-corrected chi connectivity index (χ4v) is 2.12. The van der Waals surface area contributed by atoms with Gasteiger partial charge in [0, 0.05) is 4.47 Å². The lowest BCUT2D eigenvalue weighted by Gasteiger charge is -2.11. The molecular formula is C14H10BrFN2OS. The molecule has 2 N–H and O–H groups in total. The summed E-state index contributed by atoms with van der Waals surface area (Å²) in [5.41, 5.74) is 0.662. The van der Waals surface area contributed by atoms with Gasteiger partial charge in [0.1, 0.15) is 5.82 Å². The van der Waals surface area contributed by atoms with E-state index in [1.54, 1.807) is 12.1 Å². The van der Waals surface area contributed by atoms with Crippen LogP contribution in [0, 0.1) is 5.82 Å². The topological polar surface area (TPSA) is 41.1 Å². The van der Waals surface area contributed by atoms with Gasteiger partial charge in [0.15, 0.2) is 5.11 Å². The number of hydrogen-bond donors (Lipinski definition) is 2. The van der Waals surface area contributed by atoms with Crippen LogP contribution in [0.3, 0.4) is 0 Å². The first kappa shape index (κ1) is 14.6. The summed E-state index contributed by atoms with van der Waals surface area (Å²) >= 11 is 8.38. The molecule has 0 fully saturated rings. The zero-order valence-corrected chi connectivity index (χ0v) is 12.6. The number of benzene rings is 2. The number of hydrogen-bond acceptors (Lipinski definition) is 2. The highest BCUT2D eigenvalue weighted by Gasteiger charge is 2.12. The average molecular weight is 353 g/mol. The van der Waals surface area contributed by atoms with E-state index in [4.69, 9.17) is 12.2 Å². The second kappa shape index (κ2) is 6.58. The van der Waals surface area contributed by atoms with Crippen LogP contribution in [0.25, 0.3) is 0 Å². The molecule has 0 heterocycles. The molecule has 0 bridgehead atoms. The van der Waals surface area contributed by atoms with Crippen molar-refractivity contribution < 1.29 is 9.18 Å². The maximum atomic E-state index is 13.4. The molecule has 0 atom stereocenters. The van der Waals surface area contributed by atoms with Crippen molar-refractivity contribution in [1.82, 2.24) is 5.32 Å². The number of thiocarbonyl (C=S) groups is 1. The first-order chi connectivity index (χ1) is 9.58. The van der Waals surface area contributed by atoms with Crippen LogP contribution in [0.2, 0.25) is 0 Å². The standard InChI is InChI=1S/C14H10BrFN2OS/c15-10-6-2-4-8-12(10)17-14(20)18-13(19)9-5-1-3-7-11(9)16/h1-8H,(H2,17,18,19,20). The van der Waals surface area contributed by atoms with E-state index in [1.165, 1.54) is 18.2 Å². The van der Waals surface area contributed by atoms with Crippen LogP contribution < -0.4 is 10.6 Å². The summed E-state index contributed by atoms with van der Waals surface area (Å²) < 4.78 is 14.3. The number of carbonyl (C=O) groups is 1. The number of amides is 1. The van der Waals surface area contributed by atoms with Gasteiger partial charge in [-0.15, -0.1) is 0 Å². The summed E-state index contributed by atoms with van der Waals surface area (Å²) in [7, 11) is 0. The van der Waals surface area contributed by atoms with Gasteiger partial charge in [-0.1, -0.05) is 24.3 Å².